The number of benzene rings is 1. The van der Waals surface area contributed by atoms with Gasteiger partial charge in [-0.3, -0.25) is 18.7 Å². The maximum atomic E-state index is 12.1. The van der Waals surface area contributed by atoms with E-state index in [-0.39, 0.29) is 10.7 Å². The second-order valence-corrected chi connectivity index (χ2v) is 5.23. The number of halogens is 1. The average Bonchev–Trinajstić information content (AvgIpc) is 2.50. The van der Waals surface area contributed by atoms with Gasteiger partial charge in [0.25, 0.3) is 11.1 Å². The summed E-state index contributed by atoms with van der Waals surface area (Å²) in [4.78, 5) is 24.3. The summed E-state index contributed by atoms with van der Waals surface area (Å²) in [7, 11) is 2.98. The second-order valence-electron chi connectivity index (χ2n) is 4.79. The van der Waals surface area contributed by atoms with Gasteiger partial charge in [0, 0.05) is 19.1 Å². The van der Waals surface area contributed by atoms with E-state index in [1.165, 1.54) is 29.3 Å². The van der Waals surface area contributed by atoms with Gasteiger partial charge in [0.05, 0.1) is 0 Å². The highest BCUT2D eigenvalue weighted by Crippen LogP contribution is 2.11. The monoisotopic (exact) mass is 318 g/mol. The van der Waals surface area contributed by atoms with Gasteiger partial charge in [0.15, 0.2) is 0 Å². The van der Waals surface area contributed by atoms with Gasteiger partial charge in [-0.1, -0.05) is 36.4 Å². The van der Waals surface area contributed by atoms with Crippen LogP contribution in [0.4, 0.5) is 0 Å². The van der Waals surface area contributed by atoms with Gasteiger partial charge in [-0.15, -0.1) is 0 Å². The SMILES string of the molecule is C=c1n(C)c(=O)c(=C(O)/C=C/c2ccc(Cl)cc2)c(=O)n1C. The standard InChI is InChI=1S/C16H15ClN2O3/c1-10-18(2)15(21)14(16(22)19(10)3)13(20)9-6-11-4-7-12(17)8-5-11/h4-9,20H,1H2,2-3H3/b9-6+. The van der Waals surface area contributed by atoms with Crippen molar-refractivity contribution in [2.75, 3.05) is 0 Å². The lowest BCUT2D eigenvalue weighted by atomic mass is 10.2. The summed E-state index contributed by atoms with van der Waals surface area (Å²) in [5.74, 6) is -0.392. The summed E-state index contributed by atoms with van der Waals surface area (Å²) < 4.78 is 2.42. The molecule has 0 spiro atoms. The number of rotatable bonds is 2. The number of aliphatic hydroxyl groups is 1. The van der Waals surface area contributed by atoms with Crippen molar-refractivity contribution < 1.29 is 5.11 Å². The lowest BCUT2D eigenvalue weighted by Gasteiger charge is -2.04. The number of hydrogen-bond donors (Lipinski definition) is 1. The highest BCUT2D eigenvalue weighted by molar-refractivity contribution is 6.30. The van der Waals surface area contributed by atoms with Gasteiger partial charge in [0.1, 0.15) is 16.5 Å². The van der Waals surface area contributed by atoms with Gasteiger partial charge in [-0.2, -0.15) is 0 Å². The van der Waals surface area contributed by atoms with Crippen molar-refractivity contribution in [3.05, 3.63) is 72.3 Å². The Hall–Kier alpha value is -2.53. The molecular formula is C16H15ClN2O3. The van der Waals surface area contributed by atoms with Crippen LogP contribution in [0.15, 0.2) is 39.9 Å². The van der Waals surface area contributed by atoms with Crippen molar-refractivity contribution in [2.45, 2.75) is 0 Å². The molecule has 0 aliphatic heterocycles. The van der Waals surface area contributed by atoms with Gasteiger partial charge in [-0.25, -0.2) is 0 Å². The molecule has 6 heteroatoms. The molecule has 0 atom stereocenters. The van der Waals surface area contributed by atoms with E-state index < -0.39 is 16.9 Å². The molecule has 0 fully saturated rings. The lowest BCUT2D eigenvalue weighted by Crippen LogP contribution is -2.57. The smallest absolute Gasteiger partial charge is 0.268 e. The minimum Gasteiger partial charge on any atom is -0.507 e. The third-order valence-corrected chi connectivity index (χ3v) is 3.62. The van der Waals surface area contributed by atoms with Crippen LogP contribution in [0, 0.1) is 0 Å². The van der Waals surface area contributed by atoms with E-state index >= 15 is 0 Å². The number of aromatic nitrogens is 2. The number of hydrogen-bond acceptors (Lipinski definition) is 3. The molecule has 0 unspecified atom stereocenters. The van der Waals surface area contributed by atoms with Crippen LogP contribution in [-0.2, 0) is 14.1 Å². The first-order chi connectivity index (χ1) is 10.3. The highest BCUT2D eigenvalue weighted by Gasteiger charge is 2.07. The molecule has 2 aromatic rings. The zero-order valence-corrected chi connectivity index (χ0v) is 13.0. The van der Waals surface area contributed by atoms with Crippen LogP contribution in [0.2, 0.25) is 5.02 Å². The van der Waals surface area contributed by atoms with Crippen LogP contribution in [0.3, 0.4) is 0 Å². The van der Waals surface area contributed by atoms with Gasteiger partial charge >= 0.3 is 0 Å². The van der Waals surface area contributed by atoms with Crippen molar-refractivity contribution in [1.29, 1.82) is 0 Å². The van der Waals surface area contributed by atoms with Crippen molar-refractivity contribution in [2.24, 2.45) is 14.1 Å². The van der Waals surface area contributed by atoms with Crippen molar-refractivity contribution in [3.8, 4) is 0 Å². The molecule has 0 aliphatic rings. The zero-order chi connectivity index (χ0) is 16.4. The Balaban J connectivity index is 2.65. The van der Waals surface area contributed by atoms with Crippen molar-refractivity contribution in [3.63, 3.8) is 0 Å². The third-order valence-electron chi connectivity index (χ3n) is 3.37. The molecule has 1 heterocycles. The van der Waals surface area contributed by atoms with Crippen LogP contribution in [-0.4, -0.2) is 14.2 Å². The van der Waals surface area contributed by atoms with Crippen molar-refractivity contribution >= 4 is 30.0 Å². The Morgan fingerprint density at radius 3 is 2.14 bits per heavy atom. The highest BCUT2D eigenvalue weighted by atomic mass is 35.5. The molecule has 0 saturated carbocycles. The Bertz CT molecular complexity index is 923. The molecule has 0 radical (unpaired) electrons. The summed E-state index contributed by atoms with van der Waals surface area (Å²) in [6.45, 7) is 3.65. The van der Waals surface area contributed by atoms with Crippen molar-refractivity contribution in [1.82, 2.24) is 9.13 Å². The van der Waals surface area contributed by atoms with Gasteiger partial charge in [-0.05, 0) is 23.8 Å². The Labute approximate surface area is 131 Å². The third kappa shape index (κ3) is 2.89. The molecule has 1 aromatic heterocycles. The van der Waals surface area contributed by atoms with Crippen LogP contribution in [0.1, 0.15) is 5.56 Å². The molecule has 1 aromatic carbocycles. The molecule has 0 aliphatic carbocycles. The number of nitrogens with zero attached hydrogens (tertiary/aromatic N) is 2. The van der Waals surface area contributed by atoms with Crippen LogP contribution >= 0.6 is 11.6 Å². The molecule has 114 valence electrons. The molecule has 1 N–H and O–H groups in total. The minimum atomic E-state index is -0.591. The summed E-state index contributed by atoms with van der Waals surface area (Å²) in [5.41, 5.74) is -0.149. The van der Waals surface area contributed by atoms with E-state index in [9.17, 15) is 14.7 Å². The van der Waals surface area contributed by atoms with E-state index in [2.05, 4.69) is 6.58 Å². The van der Waals surface area contributed by atoms with Gasteiger partial charge in [0.2, 0.25) is 0 Å². The lowest BCUT2D eigenvalue weighted by molar-refractivity contribution is 0.507. The summed E-state index contributed by atoms with van der Waals surface area (Å²) in [6.07, 6.45) is 2.90. The molecule has 0 amide bonds. The van der Waals surface area contributed by atoms with E-state index in [1.807, 2.05) is 0 Å². The Kier molecular flexibility index (Phi) is 4.37. The average molecular weight is 319 g/mol. The van der Waals surface area contributed by atoms with Crippen LogP contribution in [0.25, 0.3) is 18.4 Å². The quantitative estimate of drug-likeness (QED) is 0.878. The zero-order valence-electron chi connectivity index (χ0n) is 12.2. The maximum absolute atomic E-state index is 12.1. The van der Waals surface area contributed by atoms with E-state index in [4.69, 9.17) is 11.6 Å². The molecule has 2 rings (SSSR count). The fourth-order valence-electron chi connectivity index (χ4n) is 1.94. The predicted octanol–water partition coefficient (Wildman–Crippen LogP) is 0.527. The summed E-state index contributed by atoms with van der Waals surface area (Å²) >= 11 is 5.79. The van der Waals surface area contributed by atoms with Gasteiger partial charge < -0.3 is 5.11 Å². The first-order valence-corrected chi connectivity index (χ1v) is 6.82. The molecule has 0 saturated heterocycles. The second kappa shape index (κ2) is 6.07. The largest absolute Gasteiger partial charge is 0.507 e. The minimum absolute atomic E-state index is 0.258. The van der Waals surface area contributed by atoms with E-state index in [0.717, 1.165) is 5.56 Å². The Morgan fingerprint density at radius 1 is 1.14 bits per heavy atom. The Morgan fingerprint density at radius 2 is 1.64 bits per heavy atom. The summed E-state index contributed by atoms with van der Waals surface area (Å²) in [5, 5.41) is 10.4. The molecule has 22 heavy (non-hydrogen) atoms. The first-order valence-electron chi connectivity index (χ1n) is 6.45. The first kappa shape index (κ1) is 15.9. The molecule has 0 bridgehead atoms. The fourth-order valence-corrected chi connectivity index (χ4v) is 2.06. The summed E-state index contributed by atoms with van der Waals surface area (Å²) in [6, 6.07) is 6.91. The van der Waals surface area contributed by atoms with E-state index in [0.29, 0.717) is 5.02 Å². The molecular weight excluding hydrogens is 304 g/mol. The van der Waals surface area contributed by atoms with Crippen LogP contribution in [0.5, 0.6) is 0 Å². The maximum Gasteiger partial charge on any atom is 0.268 e. The topological polar surface area (TPSA) is 64.2 Å². The number of aliphatic hydroxyl groups excluding tert-OH is 1. The van der Waals surface area contributed by atoms with Crippen LogP contribution < -0.4 is 21.8 Å². The fraction of sp³-hybridized carbons (Fsp3) is 0.125. The predicted molar refractivity (Wildman–Crippen MR) is 88.2 cm³/mol. The normalized spacial score (nSPS) is 11.0. The van der Waals surface area contributed by atoms with E-state index in [1.54, 1.807) is 30.3 Å². The molecule has 5 nitrogen and oxygen atoms in total.